The van der Waals surface area contributed by atoms with Crippen LogP contribution >= 0.6 is 23.2 Å². The Morgan fingerprint density at radius 3 is 2.33 bits per heavy atom. The van der Waals surface area contributed by atoms with Gasteiger partial charge in [0, 0.05) is 10.6 Å². The first-order valence-electron chi connectivity index (χ1n) is 12.6. The van der Waals surface area contributed by atoms with Crippen LogP contribution in [0.5, 0.6) is 17.2 Å². The van der Waals surface area contributed by atoms with Gasteiger partial charge in [0.15, 0.2) is 11.5 Å². The van der Waals surface area contributed by atoms with E-state index in [1.165, 1.54) is 31.5 Å². The molecule has 0 spiro atoms. The van der Waals surface area contributed by atoms with Crippen LogP contribution in [0, 0.1) is 0 Å². The van der Waals surface area contributed by atoms with Crippen molar-refractivity contribution in [3.63, 3.8) is 0 Å². The number of rotatable bonds is 10. The lowest BCUT2D eigenvalue weighted by Crippen LogP contribution is -2.21. The van der Waals surface area contributed by atoms with Crippen LogP contribution in [-0.4, -0.2) is 37.7 Å². The highest BCUT2D eigenvalue weighted by Gasteiger charge is 2.17. The number of anilines is 1. The van der Waals surface area contributed by atoms with E-state index < -0.39 is 11.9 Å². The van der Waals surface area contributed by atoms with Crippen LogP contribution in [0.4, 0.5) is 5.69 Å². The van der Waals surface area contributed by atoms with Crippen LogP contribution in [0.1, 0.15) is 43.6 Å². The Labute approximate surface area is 252 Å². The molecule has 0 aliphatic carbocycles. The van der Waals surface area contributed by atoms with E-state index in [9.17, 15) is 14.4 Å². The first-order chi connectivity index (χ1) is 20.3. The predicted molar refractivity (Wildman–Crippen MR) is 161 cm³/mol. The Morgan fingerprint density at radius 1 is 0.857 bits per heavy atom. The first-order valence-corrected chi connectivity index (χ1v) is 13.4. The summed E-state index contributed by atoms with van der Waals surface area (Å²) in [6.07, 6.45) is 1.40. The zero-order chi connectivity index (χ0) is 30.1. The summed E-state index contributed by atoms with van der Waals surface area (Å²) in [5.41, 5.74) is 4.10. The van der Waals surface area contributed by atoms with Crippen molar-refractivity contribution < 1.29 is 28.6 Å². The van der Waals surface area contributed by atoms with E-state index in [1.807, 2.05) is 0 Å². The van der Waals surface area contributed by atoms with Crippen LogP contribution in [0.25, 0.3) is 0 Å². The van der Waals surface area contributed by atoms with Crippen molar-refractivity contribution in [2.45, 2.75) is 6.92 Å². The van der Waals surface area contributed by atoms with E-state index in [4.69, 9.17) is 37.4 Å². The number of halogens is 2. The fourth-order valence-electron chi connectivity index (χ4n) is 3.72. The van der Waals surface area contributed by atoms with Gasteiger partial charge < -0.3 is 19.5 Å². The maximum Gasteiger partial charge on any atom is 0.345 e. The van der Waals surface area contributed by atoms with Gasteiger partial charge in [-0.25, -0.2) is 10.2 Å². The minimum atomic E-state index is -0.677. The molecule has 0 saturated heterocycles. The third kappa shape index (κ3) is 7.66. The number of benzene rings is 4. The smallest absolute Gasteiger partial charge is 0.345 e. The second-order valence-corrected chi connectivity index (χ2v) is 9.42. The molecule has 0 unspecified atom stereocenters. The number of hydrogen-bond donors (Lipinski definition) is 2. The second-order valence-electron chi connectivity index (χ2n) is 8.58. The van der Waals surface area contributed by atoms with Gasteiger partial charge in [-0.15, -0.1) is 0 Å². The molecular weight excluding hydrogens is 581 g/mol. The second kappa shape index (κ2) is 14.2. The molecule has 214 valence electrons. The fourth-order valence-corrected chi connectivity index (χ4v) is 4.21. The number of methoxy groups -OCH3 is 1. The highest BCUT2D eigenvalue weighted by atomic mass is 35.5. The number of ether oxygens (including phenoxy) is 3. The molecule has 42 heavy (non-hydrogen) atoms. The summed E-state index contributed by atoms with van der Waals surface area (Å²) in [7, 11) is 1.54. The van der Waals surface area contributed by atoms with Crippen molar-refractivity contribution in [1.29, 1.82) is 0 Å². The Morgan fingerprint density at radius 2 is 1.62 bits per heavy atom. The summed E-state index contributed by atoms with van der Waals surface area (Å²) in [5, 5.41) is 7.33. The first kappa shape index (κ1) is 30.1. The van der Waals surface area contributed by atoms with Crippen molar-refractivity contribution in [3.05, 3.63) is 117 Å². The standard InChI is InChI=1S/C31H25Cl2N3O6/c1-3-41-28-16-19(8-15-27(28)42-31(39)23-14-11-21(32)17-25(23)33)18-34-36-30(38)24-6-4-5-7-26(24)35-29(37)20-9-12-22(40-2)13-10-20/h4-18H,3H2,1-2H3,(H,35,37)(H,36,38)/b34-18-. The topological polar surface area (TPSA) is 115 Å². The summed E-state index contributed by atoms with van der Waals surface area (Å²) in [6.45, 7) is 2.09. The molecule has 4 aromatic rings. The molecule has 0 aromatic heterocycles. The average molecular weight is 606 g/mol. The van der Waals surface area contributed by atoms with E-state index in [0.717, 1.165) is 0 Å². The van der Waals surface area contributed by atoms with Crippen molar-refractivity contribution >= 4 is 52.9 Å². The van der Waals surface area contributed by atoms with Gasteiger partial charge in [-0.1, -0.05) is 35.3 Å². The van der Waals surface area contributed by atoms with Crippen molar-refractivity contribution in [3.8, 4) is 17.2 Å². The fraction of sp³-hybridized carbons (Fsp3) is 0.0968. The molecule has 0 atom stereocenters. The zero-order valence-corrected chi connectivity index (χ0v) is 24.0. The quantitative estimate of drug-likeness (QED) is 0.0906. The van der Waals surface area contributed by atoms with Crippen molar-refractivity contribution in [2.24, 2.45) is 5.10 Å². The molecule has 0 bridgehead atoms. The number of amides is 2. The van der Waals surface area contributed by atoms with Gasteiger partial charge in [0.2, 0.25) is 0 Å². The van der Waals surface area contributed by atoms with Gasteiger partial charge in [0.1, 0.15) is 5.75 Å². The largest absolute Gasteiger partial charge is 0.497 e. The van der Waals surface area contributed by atoms with Gasteiger partial charge in [0.25, 0.3) is 11.8 Å². The van der Waals surface area contributed by atoms with Gasteiger partial charge in [-0.2, -0.15) is 5.10 Å². The van der Waals surface area contributed by atoms with E-state index in [2.05, 4.69) is 15.8 Å². The van der Waals surface area contributed by atoms with Crippen LogP contribution in [-0.2, 0) is 0 Å². The van der Waals surface area contributed by atoms with Crippen molar-refractivity contribution in [2.75, 3.05) is 19.0 Å². The number of carbonyl (C=O) groups is 3. The number of carbonyl (C=O) groups excluding carboxylic acids is 3. The lowest BCUT2D eigenvalue weighted by atomic mass is 10.1. The minimum absolute atomic E-state index is 0.150. The van der Waals surface area contributed by atoms with Crippen LogP contribution in [0.3, 0.4) is 0 Å². The van der Waals surface area contributed by atoms with Crippen molar-refractivity contribution in [1.82, 2.24) is 5.43 Å². The van der Waals surface area contributed by atoms with Gasteiger partial charge in [0.05, 0.1) is 41.8 Å². The molecule has 0 radical (unpaired) electrons. The number of hydrogen-bond acceptors (Lipinski definition) is 7. The highest BCUT2D eigenvalue weighted by Crippen LogP contribution is 2.30. The molecule has 9 nitrogen and oxygen atoms in total. The monoisotopic (exact) mass is 605 g/mol. The number of para-hydroxylation sites is 1. The molecule has 0 fully saturated rings. The van der Waals surface area contributed by atoms with Crippen LogP contribution in [0.2, 0.25) is 10.0 Å². The van der Waals surface area contributed by atoms with Gasteiger partial charge in [-0.3, -0.25) is 9.59 Å². The van der Waals surface area contributed by atoms with E-state index in [0.29, 0.717) is 34.2 Å². The zero-order valence-electron chi connectivity index (χ0n) is 22.5. The molecule has 0 saturated carbocycles. The molecule has 2 amide bonds. The van der Waals surface area contributed by atoms with E-state index >= 15 is 0 Å². The molecule has 4 rings (SSSR count). The summed E-state index contributed by atoms with van der Waals surface area (Å²) >= 11 is 12.0. The molecule has 0 aliphatic heterocycles. The highest BCUT2D eigenvalue weighted by molar-refractivity contribution is 6.36. The Kier molecular flexibility index (Phi) is 10.1. The molecular formula is C31H25Cl2N3O6. The minimum Gasteiger partial charge on any atom is -0.497 e. The maximum absolute atomic E-state index is 12.9. The van der Waals surface area contributed by atoms with Crippen LogP contribution in [0.15, 0.2) is 90.0 Å². The Hall–Kier alpha value is -4.86. The number of hydrazone groups is 1. The molecule has 2 N–H and O–H groups in total. The SMILES string of the molecule is CCOc1cc(/C=N\NC(=O)c2ccccc2NC(=O)c2ccc(OC)cc2)ccc1OC(=O)c1ccc(Cl)cc1Cl. The van der Waals surface area contributed by atoms with E-state index in [-0.39, 0.29) is 33.6 Å². The summed E-state index contributed by atoms with van der Waals surface area (Å²) < 4.78 is 16.3. The molecule has 11 heteroatoms. The number of nitrogens with one attached hydrogen (secondary N) is 2. The third-order valence-electron chi connectivity index (χ3n) is 5.77. The average Bonchev–Trinajstić information content (AvgIpc) is 2.98. The lowest BCUT2D eigenvalue weighted by Gasteiger charge is -2.12. The van der Waals surface area contributed by atoms with E-state index in [1.54, 1.807) is 73.7 Å². The maximum atomic E-state index is 12.9. The van der Waals surface area contributed by atoms with Gasteiger partial charge >= 0.3 is 5.97 Å². The molecule has 0 heterocycles. The molecule has 4 aromatic carbocycles. The predicted octanol–water partition coefficient (Wildman–Crippen LogP) is 6.64. The summed E-state index contributed by atoms with van der Waals surface area (Å²) in [5.74, 6) is -0.509. The Bertz CT molecular complexity index is 1640. The molecule has 0 aliphatic rings. The van der Waals surface area contributed by atoms with Crippen LogP contribution < -0.4 is 25.0 Å². The number of esters is 1. The summed E-state index contributed by atoms with van der Waals surface area (Å²) in [4.78, 5) is 38.3. The lowest BCUT2D eigenvalue weighted by molar-refractivity contribution is 0.0728. The third-order valence-corrected chi connectivity index (χ3v) is 6.32. The normalized spacial score (nSPS) is 10.7. The summed E-state index contributed by atoms with van der Waals surface area (Å²) in [6, 6.07) is 22.4. The number of nitrogens with zero attached hydrogens (tertiary/aromatic N) is 1. The van der Waals surface area contributed by atoms with Gasteiger partial charge in [-0.05, 0) is 85.3 Å². The Balaban J connectivity index is 1.44.